The van der Waals surface area contributed by atoms with Crippen molar-refractivity contribution in [3.8, 4) is 17.0 Å². The standard InChI is InChI=1S/C20H22ClN7O2/c1-27-11-13(10-23-27)17-5-7-22-19(26-17)28-8-6-15(12-28)25-20(29)24-14-3-4-18(30-2)16(21)9-14/h3-5,7,9-11,15H,6,8,12H2,1-2H3,(H2,24,25,29). The van der Waals surface area contributed by atoms with E-state index in [0.29, 0.717) is 29.0 Å². The third-order valence-electron chi connectivity index (χ3n) is 4.86. The molecule has 0 radical (unpaired) electrons. The van der Waals surface area contributed by atoms with Crippen LogP contribution in [0.15, 0.2) is 42.9 Å². The van der Waals surface area contributed by atoms with Crippen molar-refractivity contribution in [3.05, 3.63) is 47.9 Å². The lowest BCUT2D eigenvalue weighted by Gasteiger charge is -2.17. The number of ether oxygens (including phenoxy) is 1. The molecule has 1 saturated heterocycles. The van der Waals surface area contributed by atoms with Gasteiger partial charge in [0.05, 0.1) is 24.0 Å². The summed E-state index contributed by atoms with van der Waals surface area (Å²) in [6, 6.07) is 6.67. The van der Waals surface area contributed by atoms with E-state index in [1.807, 2.05) is 19.3 Å². The van der Waals surface area contributed by atoms with Crippen LogP contribution >= 0.6 is 11.6 Å². The minimum absolute atomic E-state index is 0.00984. The zero-order valence-corrected chi connectivity index (χ0v) is 17.4. The number of amides is 2. The van der Waals surface area contributed by atoms with Crippen LogP contribution in [0, 0.1) is 0 Å². The molecule has 0 bridgehead atoms. The second kappa shape index (κ2) is 8.58. The van der Waals surface area contributed by atoms with Crippen LogP contribution in [0.1, 0.15) is 6.42 Å². The maximum absolute atomic E-state index is 12.4. The van der Waals surface area contributed by atoms with Crippen LogP contribution in [0.3, 0.4) is 0 Å². The van der Waals surface area contributed by atoms with Gasteiger partial charge in [0.15, 0.2) is 0 Å². The Balaban J connectivity index is 1.35. The number of carbonyl (C=O) groups excluding carboxylic acids is 1. The van der Waals surface area contributed by atoms with Gasteiger partial charge < -0.3 is 20.3 Å². The molecule has 1 aliphatic rings. The van der Waals surface area contributed by atoms with E-state index in [9.17, 15) is 4.79 Å². The van der Waals surface area contributed by atoms with Crippen molar-refractivity contribution in [2.75, 3.05) is 30.4 Å². The molecule has 1 atom stereocenters. The summed E-state index contributed by atoms with van der Waals surface area (Å²) in [5, 5.41) is 10.4. The van der Waals surface area contributed by atoms with Crippen LogP contribution in [0.4, 0.5) is 16.4 Å². The van der Waals surface area contributed by atoms with Gasteiger partial charge in [0.2, 0.25) is 5.95 Å². The zero-order valence-electron chi connectivity index (χ0n) is 16.7. The van der Waals surface area contributed by atoms with E-state index in [1.165, 1.54) is 0 Å². The van der Waals surface area contributed by atoms with E-state index in [2.05, 4.69) is 30.6 Å². The summed E-state index contributed by atoms with van der Waals surface area (Å²) in [5.74, 6) is 1.20. The first-order valence-corrected chi connectivity index (χ1v) is 9.87. The lowest BCUT2D eigenvalue weighted by molar-refractivity contribution is 0.249. The number of rotatable bonds is 5. The smallest absolute Gasteiger partial charge is 0.319 e. The lowest BCUT2D eigenvalue weighted by Crippen LogP contribution is -2.39. The number of carbonyl (C=O) groups is 1. The molecule has 3 aromatic rings. The van der Waals surface area contributed by atoms with Crippen molar-refractivity contribution in [1.29, 1.82) is 0 Å². The molecule has 1 fully saturated rings. The number of nitrogens with zero attached hydrogens (tertiary/aromatic N) is 5. The van der Waals surface area contributed by atoms with Gasteiger partial charge in [-0.05, 0) is 30.7 Å². The molecule has 30 heavy (non-hydrogen) atoms. The first-order valence-electron chi connectivity index (χ1n) is 9.50. The number of aromatic nitrogens is 4. The summed E-state index contributed by atoms with van der Waals surface area (Å²) in [7, 11) is 3.41. The minimum Gasteiger partial charge on any atom is -0.495 e. The highest BCUT2D eigenvalue weighted by Crippen LogP contribution is 2.27. The van der Waals surface area contributed by atoms with E-state index >= 15 is 0 Å². The number of hydrogen-bond donors (Lipinski definition) is 2. The van der Waals surface area contributed by atoms with Crippen molar-refractivity contribution in [2.45, 2.75) is 12.5 Å². The van der Waals surface area contributed by atoms with Crippen molar-refractivity contribution in [2.24, 2.45) is 7.05 Å². The molecule has 0 aliphatic carbocycles. The molecule has 1 aliphatic heterocycles. The van der Waals surface area contributed by atoms with E-state index in [4.69, 9.17) is 16.3 Å². The summed E-state index contributed by atoms with van der Waals surface area (Å²) in [5.41, 5.74) is 2.35. The topological polar surface area (TPSA) is 97.2 Å². The molecule has 0 saturated carbocycles. The Morgan fingerprint density at radius 1 is 1.33 bits per heavy atom. The van der Waals surface area contributed by atoms with Gasteiger partial charge in [-0.15, -0.1) is 0 Å². The maximum Gasteiger partial charge on any atom is 0.319 e. The van der Waals surface area contributed by atoms with Crippen molar-refractivity contribution in [3.63, 3.8) is 0 Å². The number of anilines is 2. The fourth-order valence-corrected chi connectivity index (χ4v) is 3.63. The van der Waals surface area contributed by atoms with E-state index < -0.39 is 0 Å². The minimum atomic E-state index is -0.284. The van der Waals surface area contributed by atoms with Crippen LogP contribution in [-0.2, 0) is 7.05 Å². The average Bonchev–Trinajstić information content (AvgIpc) is 3.37. The number of nitrogens with one attached hydrogen (secondary N) is 2. The summed E-state index contributed by atoms with van der Waals surface area (Å²) in [4.78, 5) is 23.5. The van der Waals surface area contributed by atoms with Gasteiger partial charge in [0.25, 0.3) is 0 Å². The summed E-state index contributed by atoms with van der Waals surface area (Å²) >= 11 is 6.11. The quantitative estimate of drug-likeness (QED) is 0.649. The second-order valence-electron chi connectivity index (χ2n) is 7.02. The van der Waals surface area contributed by atoms with Crippen LogP contribution in [0.25, 0.3) is 11.3 Å². The third-order valence-corrected chi connectivity index (χ3v) is 5.15. The van der Waals surface area contributed by atoms with Crippen molar-refractivity contribution in [1.82, 2.24) is 25.1 Å². The predicted octanol–water partition coefficient (Wildman–Crippen LogP) is 2.94. The SMILES string of the molecule is COc1ccc(NC(=O)NC2CCN(c3nccc(-c4cnn(C)c4)n3)C2)cc1Cl. The second-order valence-corrected chi connectivity index (χ2v) is 7.43. The predicted molar refractivity (Wildman–Crippen MR) is 115 cm³/mol. The molecule has 0 spiro atoms. The van der Waals surface area contributed by atoms with Gasteiger partial charge in [-0.3, -0.25) is 4.68 Å². The van der Waals surface area contributed by atoms with Gasteiger partial charge in [0.1, 0.15) is 5.75 Å². The number of hydrogen-bond acceptors (Lipinski definition) is 6. The molecule has 3 heterocycles. The van der Waals surface area contributed by atoms with Crippen molar-refractivity contribution >= 4 is 29.3 Å². The highest BCUT2D eigenvalue weighted by Gasteiger charge is 2.26. The van der Waals surface area contributed by atoms with Gasteiger partial charge in [-0.2, -0.15) is 5.10 Å². The Bertz CT molecular complexity index is 1060. The van der Waals surface area contributed by atoms with E-state index in [-0.39, 0.29) is 12.1 Å². The van der Waals surface area contributed by atoms with Crippen molar-refractivity contribution < 1.29 is 9.53 Å². The lowest BCUT2D eigenvalue weighted by atomic mass is 10.2. The molecule has 2 N–H and O–H groups in total. The monoisotopic (exact) mass is 427 g/mol. The van der Waals surface area contributed by atoms with Crippen LogP contribution in [-0.4, -0.2) is 52.0 Å². The third kappa shape index (κ3) is 4.46. The molecular formula is C20H22ClN7O2. The molecular weight excluding hydrogens is 406 g/mol. The fourth-order valence-electron chi connectivity index (χ4n) is 3.37. The molecule has 1 aromatic carbocycles. The van der Waals surface area contributed by atoms with E-state index in [0.717, 1.165) is 24.2 Å². The highest BCUT2D eigenvalue weighted by atomic mass is 35.5. The highest BCUT2D eigenvalue weighted by molar-refractivity contribution is 6.32. The first kappa shape index (κ1) is 20.0. The molecule has 1 unspecified atom stereocenters. The molecule has 156 valence electrons. The molecule has 10 heteroatoms. The number of methoxy groups -OCH3 is 1. The number of halogens is 1. The number of aryl methyl sites for hydroxylation is 1. The molecule has 2 amide bonds. The van der Waals surface area contributed by atoms with Gasteiger partial charge >= 0.3 is 6.03 Å². The Labute approximate surface area is 179 Å². The van der Waals surface area contributed by atoms with Gasteiger partial charge in [-0.1, -0.05) is 11.6 Å². The summed E-state index contributed by atoms with van der Waals surface area (Å²) in [6.45, 7) is 1.39. The number of urea groups is 1. The molecule has 9 nitrogen and oxygen atoms in total. The van der Waals surface area contributed by atoms with Crippen LogP contribution in [0.5, 0.6) is 5.75 Å². The Morgan fingerprint density at radius 3 is 2.93 bits per heavy atom. The average molecular weight is 428 g/mol. The maximum atomic E-state index is 12.4. The van der Waals surface area contributed by atoms with Crippen LogP contribution in [0.2, 0.25) is 5.02 Å². The first-order chi connectivity index (χ1) is 14.5. The van der Waals surface area contributed by atoms with Gasteiger partial charge in [-0.25, -0.2) is 14.8 Å². The Morgan fingerprint density at radius 2 is 2.20 bits per heavy atom. The number of benzene rings is 1. The van der Waals surface area contributed by atoms with E-state index in [1.54, 1.807) is 42.4 Å². The Hall–Kier alpha value is -3.33. The van der Waals surface area contributed by atoms with Gasteiger partial charge in [0, 0.05) is 49.8 Å². The largest absolute Gasteiger partial charge is 0.495 e. The fraction of sp³-hybridized carbons (Fsp3) is 0.300. The Kier molecular flexibility index (Phi) is 5.71. The molecule has 4 rings (SSSR count). The molecule has 2 aromatic heterocycles. The zero-order chi connectivity index (χ0) is 21.1. The normalized spacial score (nSPS) is 15.8. The van der Waals surface area contributed by atoms with Crippen LogP contribution < -0.4 is 20.3 Å². The summed E-state index contributed by atoms with van der Waals surface area (Å²) in [6.07, 6.45) is 6.23. The summed E-state index contributed by atoms with van der Waals surface area (Å²) < 4.78 is 6.86.